The predicted molar refractivity (Wildman–Crippen MR) is 106 cm³/mol. The molecule has 2 rings (SSSR count). The largest absolute Gasteiger partial charge is 0.497 e. The molecule has 0 heterocycles. The van der Waals surface area contributed by atoms with E-state index < -0.39 is 21.8 Å². The minimum absolute atomic E-state index is 0.0145. The highest BCUT2D eigenvalue weighted by Gasteiger charge is 2.23. The van der Waals surface area contributed by atoms with E-state index in [2.05, 4.69) is 5.43 Å². The summed E-state index contributed by atoms with van der Waals surface area (Å²) in [5, 5.41) is 20.3. The van der Waals surface area contributed by atoms with Crippen LogP contribution >= 0.6 is 0 Å². The normalized spacial score (nSPS) is 12.8. The van der Waals surface area contributed by atoms with Gasteiger partial charge in [-0.2, -0.15) is 0 Å². The van der Waals surface area contributed by atoms with Gasteiger partial charge in [0.25, 0.3) is 0 Å². The highest BCUT2D eigenvalue weighted by molar-refractivity contribution is 7.91. The Morgan fingerprint density at radius 2 is 1.76 bits per heavy atom. The number of hydroxylamine groups is 1. The third-order valence-corrected chi connectivity index (χ3v) is 6.24. The molecule has 0 aliphatic rings. The van der Waals surface area contributed by atoms with E-state index in [-0.39, 0.29) is 28.7 Å². The third-order valence-electron chi connectivity index (χ3n) is 4.37. The Balaban J connectivity index is 2.18. The van der Waals surface area contributed by atoms with Gasteiger partial charge in [-0.1, -0.05) is 37.2 Å². The molecule has 0 spiro atoms. The van der Waals surface area contributed by atoms with E-state index in [9.17, 15) is 23.5 Å². The van der Waals surface area contributed by atoms with Crippen LogP contribution in [-0.2, 0) is 21.2 Å². The van der Waals surface area contributed by atoms with Crippen LogP contribution in [0.1, 0.15) is 25.8 Å². The number of hydrogen-bond donors (Lipinski definition) is 3. The van der Waals surface area contributed by atoms with Gasteiger partial charge in [0.1, 0.15) is 5.75 Å². The number of aliphatic hydroxyl groups is 1. The van der Waals surface area contributed by atoms with E-state index in [4.69, 9.17) is 4.74 Å². The summed E-state index contributed by atoms with van der Waals surface area (Å²) in [6.45, 7) is 3.29. The Bertz CT molecular complexity index is 928. The lowest BCUT2D eigenvalue weighted by Crippen LogP contribution is -2.41. The maximum Gasteiger partial charge on any atom is 0.238 e. The number of aliphatic hydroxyl groups excluding tert-OH is 1. The number of rotatable bonds is 9. The van der Waals surface area contributed by atoms with Crippen molar-refractivity contribution in [3.63, 3.8) is 0 Å². The molecule has 0 aromatic heterocycles. The van der Waals surface area contributed by atoms with Crippen LogP contribution < -0.4 is 10.2 Å². The second kappa shape index (κ2) is 9.84. The number of sulfone groups is 1. The van der Waals surface area contributed by atoms with Crippen LogP contribution in [0, 0.1) is 5.92 Å². The van der Waals surface area contributed by atoms with Gasteiger partial charge in [-0.3, -0.25) is 15.4 Å². The summed E-state index contributed by atoms with van der Waals surface area (Å²) >= 11 is 0. The monoisotopic (exact) mass is 422 g/mol. The number of methoxy groups -OCH3 is 1. The number of benzene rings is 2. The molecular formula is C20H26N2O6S. The Hall–Kier alpha value is -2.46. The molecule has 158 valence electrons. The number of amides is 1. The van der Waals surface area contributed by atoms with Crippen molar-refractivity contribution in [2.75, 3.05) is 7.11 Å². The van der Waals surface area contributed by atoms with Gasteiger partial charge in [-0.25, -0.2) is 8.42 Å². The van der Waals surface area contributed by atoms with Crippen LogP contribution in [0.5, 0.6) is 5.75 Å². The molecule has 8 nitrogen and oxygen atoms in total. The van der Waals surface area contributed by atoms with Gasteiger partial charge >= 0.3 is 0 Å². The van der Waals surface area contributed by atoms with Crippen LogP contribution in [0.2, 0.25) is 0 Å². The van der Waals surface area contributed by atoms with E-state index in [1.54, 1.807) is 44.2 Å². The standard InChI is InChI=1S/C20H26N2O6S/c1-14(2)18(23)12-20(24)21-22(25)13-15-6-4-5-7-19(15)29(26,27)17-10-8-16(28-3)9-11-17/h4-11,14,18,23,25H,12-13H2,1-3H3,(H,21,24). The zero-order valence-electron chi connectivity index (χ0n) is 16.6. The summed E-state index contributed by atoms with van der Waals surface area (Å²) in [5.41, 5.74) is 2.53. The zero-order chi connectivity index (χ0) is 21.6. The Morgan fingerprint density at radius 1 is 1.14 bits per heavy atom. The molecule has 0 aliphatic carbocycles. The molecule has 1 atom stereocenters. The van der Waals surface area contributed by atoms with Crippen LogP contribution in [0.3, 0.4) is 0 Å². The second-order valence-corrected chi connectivity index (χ2v) is 8.81. The number of carbonyl (C=O) groups is 1. The molecule has 2 aromatic rings. The summed E-state index contributed by atoms with van der Waals surface area (Å²) in [7, 11) is -2.36. The summed E-state index contributed by atoms with van der Waals surface area (Å²) in [4.78, 5) is 12.0. The van der Waals surface area contributed by atoms with Gasteiger partial charge in [0.2, 0.25) is 15.7 Å². The zero-order valence-corrected chi connectivity index (χ0v) is 17.4. The molecule has 0 radical (unpaired) electrons. The van der Waals surface area contributed by atoms with Crippen LogP contribution in [0.4, 0.5) is 0 Å². The quantitative estimate of drug-likeness (QED) is 0.530. The fourth-order valence-electron chi connectivity index (χ4n) is 2.59. The fourth-order valence-corrected chi connectivity index (χ4v) is 4.08. The smallest absolute Gasteiger partial charge is 0.238 e. The number of nitrogens with zero attached hydrogens (tertiary/aromatic N) is 1. The molecule has 0 saturated heterocycles. The van der Waals surface area contributed by atoms with Crippen molar-refractivity contribution < 1.29 is 28.3 Å². The molecule has 3 N–H and O–H groups in total. The molecule has 29 heavy (non-hydrogen) atoms. The van der Waals surface area contributed by atoms with Gasteiger partial charge in [0.05, 0.1) is 36.0 Å². The molecule has 9 heteroatoms. The van der Waals surface area contributed by atoms with Crippen molar-refractivity contribution in [3.05, 3.63) is 54.1 Å². The molecule has 2 aromatic carbocycles. The molecule has 1 amide bonds. The van der Waals surface area contributed by atoms with E-state index in [0.717, 1.165) is 0 Å². The van der Waals surface area contributed by atoms with Gasteiger partial charge in [0.15, 0.2) is 0 Å². The van der Waals surface area contributed by atoms with Gasteiger partial charge < -0.3 is 9.84 Å². The molecule has 0 saturated carbocycles. The number of carbonyl (C=O) groups excluding carboxylic acids is 1. The number of nitrogens with one attached hydrogen (secondary N) is 1. The van der Waals surface area contributed by atoms with E-state index in [1.807, 2.05) is 0 Å². The average Bonchev–Trinajstić information content (AvgIpc) is 2.67. The number of hydrogen-bond acceptors (Lipinski definition) is 7. The van der Waals surface area contributed by atoms with E-state index in [1.165, 1.54) is 25.3 Å². The lowest BCUT2D eigenvalue weighted by atomic mass is 10.0. The highest BCUT2D eigenvalue weighted by Crippen LogP contribution is 2.26. The minimum Gasteiger partial charge on any atom is -0.497 e. The van der Waals surface area contributed by atoms with E-state index in [0.29, 0.717) is 16.5 Å². The van der Waals surface area contributed by atoms with Crippen molar-refractivity contribution in [1.29, 1.82) is 0 Å². The van der Waals surface area contributed by atoms with Crippen molar-refractivity contribution in [2.24, 2.45) is 5.92 Å². The minimum atomic E-state index is -3.84. The molecule has 0 bridgehead atoms. The number of hydrazine groups is 1. The predicted octanol–water partition coefficient (Wildman–Crippen LogP) is 2.16. The summed E-state index contributed by atoms with van der Waals surface area (Å²) in [6, 6.07) is 12.2. The lowest BCUT2D eigenvalue weighted by Gasteiger charge is -2.20. The van der Waals surface area contributed by atoms with Gasteiger partial charge in [-0.15, -0.1) is 0 Å². The molecular weight excluding hydrogens is 396 g/mol. The first-order valence-corrected chi connectivity index (χ1v) is 10.5. The van der Waals surface area contributed by atoms with Crippen LogP contribution in [-0.4, -0.2) is 43.0 Å². The van der Waals surface area contributed by atoms with Crippen molar-refractivity contribution in [2.45, 2.75) is 42.7 Å². The Morgan fingerprint density at radius 3 is 2.34 bits per heavy atom. The van der Waals surface area contributed by atoms with E-state index >= 15 is 0 Å². The first-order chi connectivity index (χ1) is 13.6. The van der Waals surface area contributed by atoms with Crippen LogP contribution in [0.25, 0.3) is 0 Å². The van der Waals surface area contributed by atoms with Crippen molar-refractivity contribution in [1.82, 2.24) is 10.6 Å². The average molecular weight is 423 g/mol. The first-order valence-electron chi connectivity index (χ1n) is 9.06. The summed E-state index contributed by atoms with van der Waals surface area (Å²) in [6.07, 6.45) is -1.02. The highest BCUT2D eigenvalue weighted by atomic mass is 32.2. The first kappa shape index (κ1) is 22.8. The Kier molecular flexibility index (Phi) is 7.74. The fraction of sp³-hybridized carbons (Fsp3) is 0.350. The van der Waals surface area contributed by atoms with Crippen LogP contribution in [0.15, 0.2) is 58.3 Å². The molecule has 1 unspecified atom stereocenters. The van der Waals surface area contributed by atoms with Crippen molar-refractivity contribution >= 4 is 15.7 Å². The summed E-state index contributed by atoms with van der Waals surface area (Å²) < 4.78 is 31.1. The summed E-state index contributed by atoms with van der Waals surface area (Å²) in [5.74, 6) is -0.155. The third kappa shape index (κ3) is 6.01. The van der Waals surface area contributed by atoms with Crippen molar-refractivity contribution in [3.8, 4) is 5.75 Å². The molecule has 0 aliphatic heterocycles. The SMILES string of the molecule is COc1ccc(S(=O)(=O)c2ccccc2CN(O)NC(=O)CC(O)C(C)C)cc1. The topological polar surface area (TPSA) is 116 Å². The Labute approximate surface area is 170 Å². The maximum atomic E-state index is 13.0. The van der Waals surface area contributed by atoms with Gasteiger partial charge in [-0.05, 0) is 41.8 Å². The molecule has 0 fully saturated rings. The lowest BCUT2D eigenvalue weighted by molar-refractivity contribution is -0.167. The maximum absolute atomic E-state index is 13.0. The second-order valence-electron chi connectivity index (χ2n) is 6.89. The van der Waals surface area contributed by atoms with Gasteiger partial charge in [0, 0.05) is 0 Å². The number of ether oxygens (including phenoxy) is 1.